The molecule has 0 nitrogen and oxygen atoms in total. The maximum absolute atomic E-state index is 13.2. The van der Waals surface area contributed by atoms with Crippen molar-refractivity contribution in [3.8, 4) is 0 Å². The molecule has 0 aliphatic carbocycles. The molecule has 0 bridgehead atoms. The van der Waals surface area contributed by atoms with Gasteiger partial charge in [0.15, 0.2) is 0 Å². The zero-order valence-corrected chi connectivity index (χ0v) is 15.3. The van der Waals surface area contributed by atoms with E-state index in [2.05, 4.69) is 33.2 Å². The van der Waals surface area contributed by atoms with Crippen molar-refractivity contribution in [2.75, 3.05) is 0 Å². The van der Waals surface area contributed by atoms with E-state index in [1.54, 1.807) is 0 Å². The third-order valence-electron chi connectivity index (χ3n) is 3.08. The lowest BCUT2D eigenvalue weighted by Gasteiger charge is -2.43. The van der Waals surface area contributed by atoms with Crippen LogP contribution in [0.5, 0.6) is 0 Å². The summed E-state index contributed by atoms with van der Waals surface area (Å²) in [6.45, 7) is 0. The Hall–Kier alpha value is -0.103. The molecule has 0 rings (SSSR count). The zero-order chi connectivity index (χ0) is 24.5. The number of alkyl halides is 17. The molecule has 0 amide bonds. The van der Waals surface area contributed by atoms with Gasteiger partial charge in [-0.1, -0.05) is 0 Å². The summed E-state index contributed by atoms with van der Waals surface area (Å²) in [5.41, 5.74) is -6.94. The Bertz CT molecular complexity index is 565. The third-order valence-corrected chi connectivity index (χ3v) is 6.24. The molecule has 0 aliphatic heterocycles. The zero-order valence-electron chi connectivity index (χ0n) is 12.1. The maximum Gasteiger partial charge on any atom is 0.460 e. The number of halogens is 20. The van der Waals surface area contributed by atoms with Crippen LogP contribution in [0.25, 0.3) is 0 Å². The van der Waals surface area contributed by atoms with Crippen LogP contribution < -0.4 is 0 Å². The predicted molar refractivity (Wildman–Crippen MR) is 64.0 cm³/mol. The lowest BCUT2D eigenvalue weighted by atomic mass is 9.91. The summed E-state index contributed by atoms with van der Waals surface area (Å²) in [5.74, 6) is -50.5. The summed E-state index contributed by atoms with van der Waals surface area (Å²) >= 11 is 12.8. The minimum atomic E-state index is -8.70. The smallest absolute Gasteiger partial charge is 0.200 e. The van der Waals surface area contributed by atoms with E-state index in [9.17, 15) is 74.6 Å². The van der Waals surface area contributed by atoms with Gasteiger partial charge in [0.2, 0.25) is 0 Å². The van der Waals surface area contributed by atoms with Gasteiger partial charge in [0.05, 0.1) is 0 Å². The average molecular weight is 553 g/mol. The first kappa shape index (κ1) is 28.9. The second-order valence-corrected chi connectivity index (χ2v) is 13.5. The van der Waals surface area contributed by atoms with Crippen molar-refractivity contribution < 1.29 is 74.6 Å². The van der Waals surface area contributed by atoms with Crippen LogP contribution in [0.15, 0.2) is 0 Å². The summed E-state index contributed by atoms with van der Waals surface area (Å²) in [7, 11) is 0. The first-order valence-electron chi connectivity index (χ1n) is 5.78. The van der Waals surface area contributed by atoms with Crippen LogP contribution in [0.4, 0.5) is 74.6 Å². The molecule has 0 aromatic rings. The van der Waals surface area contributed by atoms with Crippen LogP contribution >= 0.6 is 33.2 Å². The van der Waals surface area contributed by atoms with Crippen molar-refractivity contribution in [2.24, 2.45) is 0 Å². The topological polar surface area (TPSA) is 0 Å². The molecule has 29 heavy (non-hydrogen) atoms. The van der Waals surface area contributed by atoms with Crippen LogP contribution in [0.2, 0.25) is 0 Å². The molecule has 0 radical (unpaired) electrons. The fourth-order valence-corrected chi connectivity index (χ4v) is 2.92. The lowest BCUT2D eigenvalue weighted by molar-refractivity contribution is -0.458. The van der Waals surface area contributed by atoms with Gasteiger partial charge in [-0.25, -0.2) is 0 Å². The SMILES string of the molecule is FC(F)(F)C(F)(F)C(F)(F)C(F)(F)C(F)(F)C(F)(F)C(F)(F)C(F)(F)[Si](Cl)(Cl)Cl. The Balaban J connectivity index is 6.82. The molecule has 0 aliphatic rings. The Morgan fingerprint density at radius 2 is 0.552 bits per heavy atom. The first-order chi connectivity index (χ1) is 12.0. The van der Waals surface area contributed by atoms with E-state index in [1.807, 2.05) is 0 Å². The van der Waals surface area contributed by atoms with Crippen molar-refractivity contribution in [3.05, 3.63) is 0 Å². The average Bonchev–Trinajstić information content (AvgIpc) is 2.43. The molecule has 0 aromatic heterocycles. The van der Waals surface area contributed by atoms with Crippen molar-refractivity contribution in [1.29, 1.82) is 0 Å². The number of hydrogen-bond donors (Lipinski definition) is 0. The van der Waals surface area contributed by atoms with Gasteiger partial charge in [-0.3, -0.25) is 0 Å². The largest absolute Gasteiger partial charge is 0.460 e. The highest BCUT2D eigenvalue weighted by Crippen LogP contribution is 2.65. The minimum Gasteiger partial charge on any atom is -0.200 e. The predicted octanol–water partition coefficient (Wildman–Crippen LogP) is 7.19. The fraction of sp³-hybridized carbons (Fsp3) is 1.00. The summed E-state index contributed by atoms with van der Waals surface area (Å²) < 4.78 is 218. The molecule has 0 N–H and O–H groups in total. The Labute approximate surface area is 162 Å². The number of hydrogen-bond acceptors (Lipinski definition) is 0. The van der Waals surface area contributed by atoms with Crippen LogP contribution in [0.3, 0.4) is 0 Å². The van der Waals surface area contributed by atoms with Gasteiger partial charge in [-0.15, -0.1) is 33.2 Å². The van der Waals surface area contributed by atoms with Gasteiger partial charge in [0.1, 0.15) is 0 Å². The molecule has 0 aromatic carbocycles. The molecular weight excluding hydrogens is 553 g/mol. The Morgan fingerprint density at radius 3 is 0.759 bits per heavy atom. The Morgan fingerprint density at radius 1 is 0.345 bits per heavy atom. The van der Waals surface area contributed by atoms with Crippen molar-refractivity contribution in [3.63, 3.8) is 0 Å². The highest BCUT2D eigenvalue weighted by Gasteiger charge is 2.96. The summed E-state index contributed by atoms with van der Waals surface area (Å²) in [6, 6.07) is -6.62. The van der Waals surface area contributed by atoms with E-state index in [4.69, 9.17) is 0 Å². The van der Waals surface area contributed by atoms with E-state index < -0.39 is 53.3 Å². The van der Waals surface area contributed by atoms with E-state index >= 15 is 0 Å². The van der Waals surface area contributed by atoms with Crippen molar-refractivity contribution in [2.45, 2.75) is 47.3 Å². The molecule has 0 unspecified atom stereocenters. The van der Waals surface area contributed by atoms with Crippen molar-refractivity contribution in [1.82, 2.24) is 0 Å². The van der Waals surface area contributed by atoms with Gasteiger partial charge in [-0.2, -0.15) is 74.6 Å². The van der Waals surface area contributed by atoms with Crippen LogP contribution in [0, 0.1) is 0 Å². The fourth-order valence-electron chi connectivity index (χ4n) is 1.34. The van der Waals surface area contributed by atoms with Gasteiger partial charge < -0.3 is 0 Å². The second kappa shape index (κ2) is 6.95. The third kappa shape index (κ3) is 3.62. The molecule has 0 fully saturated rings. The highest BCUT2D eigenvalue weighted by molar-refractivity contribution is 7.65. The normalized spacial score (nSPS) is 17.0. The summed E-state index contributed by atoms with van der Waals surface area (Å²) in [5, 5.41) is 0. The molecule has 176 valence electrons. The van der Waals surface area contributed by atoms with Crippen LogP contribution in [-0.2, 0) is 0 Å². The maximum atomic E-state index is 13.2. The molecule has 0 heterocycles. The summed E-state index contributed by atoms with van der Waals surface area (Å²) in [4.78, 5) is 0. The first-order valence-corrected chi connectivity index (χ1v) is 10.8. The standard InChI is InChI=1S/C8Cl3F17Si/c9-29(10,11)8(27,28)6(22,23)4(18,19)2(14,15)1(12,13)3(16,17)5(20,21)7(24,25)26. The van der Waals surface area contributed by atoms with Gasteiger partial charge in [-0.05, 0) is 0 Å². The lowest BCUT2D eigenvalue weighted by Crippen LogP contribution is -2.75. The molecule has 0 atom stereocenters. The van der Waals surface area contributed by atoms with E-state index in [0.29, 0.717) is 0 Å². The molecular formula is C8Cl3F17Si. The van der Waals surface area contributed by atoms with Gasteiger partial charge >= 0.3 is 53.3 Å². The van der Waals surface area contributed by atoms with Crippen LogP contribution in [0.1, 0.15) is 0 Å². The van der Waals surface area contributed by atoms with E-state index in [1.165, 1.54) is 0 Å². The Kier molecular flexibility index (Phi) is 6.92. The summed E-state index contributed by atoms with van der Waals surface area (Å²) in [6.07, 6.45) is -7.80. The number of rotatable bonds is 7. The molecule has 0 saturated carbocycles. The monoisotopic (exact) mass is 552 g/mol. The van der Waals surface area contributed by atoms with E-state index in [-0.39, 0.29) is 0 Å². The van der Waals surface area contributed by atoms with E-state index in [0.717, 1.165) is 0 Å². The highest BCUT2D eigenvalue weighted by atomic mass is 35.8. The molecule has 21 heteroatoms. The quantitative estimate of drug-likeness (QED) is 0.178. The van der Waals surface area contributed by atoms with Gasteiger partial charge in [0, 0.05) is 0 Å². The minimum absolute atomic E-state index is 4.26. The van der Waals surface area contributed by atoms with Crippen LogP contribution in [-0.4, -0.2) is 53.3 Å². The molecule has 0 spiro atoms. The second-order valence-electron chi connectivity index (χ2n) is 5.02. The van der Waals surface area contributed by atoms with Gasteiger partial charge in [0.25, 0.3) is 0 Å². The molecule has 0 saturated heterocycles. The van der Waals surface area contributed by atoms with Crippen molar-refractivity contribution >= 4 is 39.2 Å².